The van der Waals surface area contributed by atoms with E-state index in [1.165, 1.54) is 0 Å². The standard InChI is InChI=1S/C8H17NOS/c1-5-8(11)7(4)9(10)6(2)3/h6-7,9H,5H2,1-4H3. The lowest BCUT2D eigenvalue weighted by Crippen LogP contribution is -3.14. The zero-order valence-corrected chi connectivity index (χ0v) is 8.49. The van der Waals surface area contributed by atoms with Crippen LogP contribution in [0.2, 0.25) is 0 Å². The summed E-state index contributed by atoms with van der Waals surface area (Å²) in [6.45, 7) is 7.72. The smallest absolute Gasteiger partial charge is 0.116 e. The third-order valence-electron chi connectivity index (χ3n) is 1.83. The van der Waals surface area contributed by atoms with Crippen LogP contribution in [0, 0.1) is 5.21 Å². The molecule has 2 atom stereocenters. The Balaban J connectivity index is 4.01. The van der Waals surface area contributed by atoms with E-state index in [-0.39, 0.29) is 17.1 Å². The molecule has 1 N–H and O–H groups in total. The fraction of sp³-hybridized carbons (Fsp3) is 0.875. The lowest BCUT2D eigenvalue weighted by molar-refractivity contribution is -0.884. The van der Waals surface area contributed by atoms with Crippen LogP contribution in [-0.4, -0.2) is 16.9 Å². The van der Waals surface area contributed by atoms with Gasteiger partial charge in [-0.3, -0.25) is 0 Å². The maximum absolute atomic E-state index is 11.4. The van der Waals surface area contributed by atoms with Gasteiger partial charge in [0, 0.05) is 4.86 Å². The minimum Gasteiger partial charge on any atom is -0.634 e. The highest BCUT2D eigenvalue weighted by molar-refractivity contribution is 7.80. The van der Waals surface area contributed by atoms with Gasteiger partial charge in [-0.25, -0.2) is 0 Å². The summed E-state index contributed by atoms with van der Waals surface area (Å²) in [6, 6.07) is 0.0736. The molecule has 11 heavy (non-hydrogen) atoms. The SMILES string of the molecule is CCC(=S)C(C)[NH+]([O-])C(C)C. The summed E-state index contributed by atoms with van der Waals surface area (Å²) in [5.74, 6) is 0. The molecule has 0 amide bonds. The maximum Gasteiger partial charge on any atom is 0.116 e. The summed E-state index contributed by atoms with van der Waals surface area (Å²) in [5, 5.41) is 11.6. The minimum atomic E-state index is -0.0324. The zero-order chi connectivity index (χ0) is 9.02. The molecule has 0 radical (unpaired) electrons. The molecule has 0 aromatic heterocycles. The summed E-state index contributed by atoms with van der Waals surface area (Å²) < 4.78 is 0. The molecule has 0 saturated carbocycles. The van der Waals surface area contributed by atoms with Crippen molar-refractivity contribution in [3.8, 4) is 0 Å². The van der Waals surface area contributed by atoms with Crippen LogP contribution in [0.5, 0.6) is 0 Å². The monoisotopic (exact) mass is 175 g/mol. The van der Waals surface area contributed by atoms with E-state index < -0.39 is 0 Å². The predicted molar refractivity (Wildman–Crippen MR) is 51.8 cm³/mol. The van der Waals surface area contributed by atoms with Gasteiger partial charge in [-0.2, -0.15) is 0 Å². The van der Waals surface area contributed by atoms with Gasteiger partial charge in [-0.05, 0) is 27.2 Å². The molecule has 0 aromatic rings. The number of quaternary nitrogens is 1. The van der Waals surface area contributed by atoms with Crippen LogP contribution >= 0.6 is 12.2 Å². The van der Waals surface area contributed by atoms with Gasteiger partial charge in [0.2, 0.25) is 0 Å². The average Bonchev–Trinajstić information content (AvgIpc) is 2.00. The van der Waals surface area contributed by atoms with Crippen molar-refractivity contribution in [1.82, 2.24) is 0 Å². The first-order valence-corrected chi connectivity index (χ1v) is 4.48. The third kappa shape index (κ3) is 3.27. The van der Waals surface area contributed by atoms with E-state index in [1.54, 1.807) is 0 Å². The molecule has 0 aliphatic heterocycles. The quantitative estimate of drug-likeness (QED) is 0.509. The second-order valence-electron chi connectivity index (χ2n) is 3.10. The Hall–Kier alpha value is 0.0100. The highest BCUT2D eigenvalue weighted by atomic mass is 32.1. The highest BCUT2D eigenvalue weighted by Crippen LogP contribution is 1.90. The van der Waals surface area contributed by atoms with Crippen LogP contribution < -0.4 is 5.06 Å². The summed E-state index contributed by atoms with van der Waals surface area (Å²) in [5.41, 5.74) is 0. The largest absolute Gasteiger partial charge is 0.634 e. The van der Waals surface area contributed by atoms with Gasteiger partial charge in [0.25, 0.3) is 0 Å². The van der Waals surface area contributed by atoms with E-state index in [0.717, 1.165) is 11.3 Å². The Kier molecular flexibility index (Phi) is 4.81. The normalized spacial score (nSPS) is 16.5. The van der Waals surface area contributed by atoms with E-state index in [2.05, 4.69) is 0 Å². The van der Waals surface area contributed by atoms with E-state index in [0.29, 0.717) is 0 Å². The Morgan fingerprint density at radius 1 is 1.45 bits per heavy atom. The Labute approximate surface area is 74.2 Å². The molecular formula is C8H17NOS. The van der Waals surface area contributed by atoms with Crippen molar-refractivity contribution < 1.29 is 5.06 Å². The first-order chi connectivity index (χ1) is 5.00. The van der Waals surface area contributed by atoms with Crippen LogP contribution in [-0.2, 0) is 0 Å². The van der Waals surface area contributed by atoms with Crippen LogP contribution in [0.4, 0.5) is 0 Å². The molecule has 0 aliphatic carbocycles. The number of hydrogen-bond donors (Lipinski definition) is 1. The highest BCUT2D eigenvalue weighted by Gasteiger charge is 2.15. The van der Waals surface area contributed by atoms with Crippen LogP contribution in [0.3, 0.4) is 0 Å². The van der Waals surface area contributed by atoms with Crippen LogP contribution in [0.25, 0.3) is 0 Å². The molecule has 0 rings (SSSR count). The van der Waals surface area contributed by atoms with E-state index in [9.17, 15) is 5.21 Å². The summed E-state index contributed by atoms with van der Waals surface area (Å²) in [4.78, 5) is 0.878. The number of hydrogen-bond acceptors (Lipinski definition) is 2. The molecule has 0 aliphatic rings. The van der Waals surface area contributed by atoms with Gasteiger partial charge >= 0.3 is 0 Å². The fourth-order valence-electron chi connectivity index (χ4n) is 0.965. The van der Waals surface area contributed by atoms with E-state index in [4.69, 9.17) is 12.2 Å². The first kappa shape index (κ1) is 11.0. The van der Waals surface area contributed by atoms with Gasteiger partial charge in [0.05, 0.1) is 6.04 Å². The molecule has 0 saturated heterocycles. The molecule has 0 spiro atoms. The lowest BCUT2D eigenvalue weighted by atomic mass is 10.1. The molecule has 0 heterocycles. The zero-order valence-electron chi connectivity index (χ0n) is 7.68. The Bertz CT molecular complexity index is 136. The van der Waals surface area contributed by atoms with Crippen molar-refractivity contribution in [2.45, 2.75) is 46.2 Å². The second kappa shape index (κ2) is 4.80. The van der Waals surface area contributed by atoms with Gasteiger partial charge in [0.15, 0.2) is 0 Å². The van der Waals surface area contributed by atoms with Gasteiger partial charge in [0.1, 0.15) is 6.04 Å². The molecule has 0 bridgehead atoms. The van der Waals surface area contributed by atoms with Crippen molar-refractivity contribution in [1.29, 1.82) is 0 Å². The Morgan fingerprint density at radius 3 is 2.18 bits per heavy atom. The van der Waals surface area contributed by atoms with Gasteiger partial charge in [-0.15, -0.1) is 0 Å². The first-order valence-electron chi connectivity index (χ1n) is 4.07. The van der Waals surface area contributed by atoms with Crippen molar-refractivity contribution >= 4 is 17.1 Å². The van der Waals surface area contributed by atoms with Crippen molar-refractivity contribution in [2.75, 3.05) is 0 Å². The number of thiocarbonyl (C=S) groups is 1. The van der Waals surface area contributed by atoms with E-state index >= 15 is 0 Å². The predicted octanol–water partition coefficient (Wildman–Crippen LogP) is 0.946. The average molecular weight is 175 g/mol. The summed E-state index contributed by atoms with van der Waals surface area (Å²) >= 11 is 5.05. The molecule has 0 aromatic carbocycles. The molecule has 2 unspecified atom stereocenters. The van der Waals surface area contributed by atoms with Gasteiger partial charge < -0.3 is 10.3 Å². The van der Waals surface area contributed by atoms with Crippen molar-refractivity contribution in [2.24, 2.45) is 0 Å². The minimum absolute atomic E-state index is 0.0324. The van der Waals surface area contributed by atoms with Crippen molar-refractivity contribution in [3.05, 3.63) is 5.21 Å². The van der Waals surface area contributed by atoms with Gasteiger partial charge in [-0.1, -0.05) is 19.1 Å². The molecule has 0 fully saturated rings. The summed E-state index contributed by atoms with van der Waals surface area (Å²) in [6.07, 6.45) is 0.828. The number of hydroxylamine groups is 2. The Morgan fingerprint density at radius 2 is 1.91 bits per heavy atom. The fourth-order valence-corrected chi connectivity index (χ4v) is 1.08. The molecule has 66 valence electrons. The van der Waals surface area contributed by atoms with Crippen LogP contribution in [0.1, 0.15) is 34.1 Å². The van der Waals surface area contributed by atoms with E-state index in [1.807, 2.05) is 27.7 Å². The number of rotatable bonds is 4. The van der Waals surface area contributed by atoms with Crippen molar-refractivity contribution in [3.63, 3.8) is 0 Å². The van der Waals surface area contributed by atoms with Crippen LogP contribution in [0.15, 0.2) is 0 Å². The maximum atomic E-state index is 11.4. The molecule has 2 nitrogen and oxygen atoms in total. The molecule has 3 heteroatoms. The lowest BCUT2D eigenvalue weighted by Gasteiger charge is -2.32. The molecular weight excluding hydrogens is 158 g/mol. The number of nitrogens with one attached hydrogen (secondary N) is 1. The summed E-state index contributed by atoms with van der Waals surface area (Å²) in [7, 11) is 0. The topological polar surface area (TPSA) is 27.5 Å². The third-order valence-corrected chi connectivity index (χ3v) is 2.47. The second-order valence-corrected chi connectivity index (χ2v) is 3.62.